The summed E-state index contributed by atoms with van der Waals surface area (Å²) < 4.78 is 5.54. The van der Waals surface area contributed by atoms with Gasteiger partial charge in [-0.05, 0) is 58.1 Å². The zero-order chi connectivity index (χ0) is 18.7. The molecule has 1 aliphatic heterocycles. The second kappa shape index (κ2) is 7.91. The molecule has 2 amide bonds. The molecule has 3 rings (SSSR count). The fraction of sp³-hybridized carbons (Fsp3) is 0.500. The third kappa shape index (κ3) is 4.25. The first-order valence-corrected chi connectivity index (χ1v) is 9.16. The van der Waals surface area contributed by atoms with Gasteiger partial charge in [-0.2, -0.15) is 0 Å². The molecule has 1 fully saturated rings. The highest BCUT2D eigenvalue weighted by atomic mass is 16.3. The Hall–Kier alpha value is -2.34. The lowest BCUT2D eigenvalue weighted by molar-refractivity contribution is -0.129. The van der Waals surface area contributed by atoms with Gasteiger partial charge in [-0.3, -0.25) is 9.59 Å². The second-order valence-corrected chi connectivity index (χ2v) is 7.24. The number of rotatable bonds is 7. The number of carbonyl (C=O) groups excluding carboxylic acids is 2. The van der Waals surface area contributed by atoms with Crippen molar-refractivity contribution in [3.63, 3.8) is 0 Å². The Morgan fingerprint density at radius 2 is 2.15 bits per heavy atom. The van der Waals surface area contributed by atoms with E-state index in [0.29, 0.717) is 18.5 Å². The third-order valence-corrected chi connectivity index (χ3v) is 4.91. The molecular formula is C20H27N3O3. The number of fused-ring (bicyclic) bond motifs is 1. The molecule has 6 heteroatoms. The molecule has 2 aromatic rings. The molecule has 140 valence electrons. The van der Waals surface area contributed by atoms with E-state index in [9.17, 15) is 9.59 Å². The van der Waals surface area contributed by atoms with Crippen LogP contribution in [0.4, 0.5) is 0 Å². The van der Waals surface area contributed by atoms with E-state index in [1.54, 1.807) is 6.07 Å². The van der Waals surface area contributed by atoms with Crippen molar-refractivity contribution in [2.45, 2.75) is 32.2 Å². The summed E-state index contributed by atoms with van der Waals surface area (Å²) in [5.41, 5.74) is 1.42. The number of nitrogens with zero attached hydrogens (tertiary/aromatic N) is 2. The predicted molar refractivity (Wildman–Crippen MR) is 101 cm³/mol. The van der Waals surface area contributed by atoms with Gasteiger partial charge in [0.2, 0.25) is 5.91 Å². The fourth-order valence-corrected chi connectivity index (χ4v) is 3.48. The molecule has 1 atom stereocenters. The van der Waals surface area contributed by atoms with Gasteiger partial charge in [-0.1, -0.05) is 0 Å². The van der Waals surface area contributed by atoms with E-state index in [1.807, 2.05) is 44.1 Å². The second-order valence-electron chi connectivity index (χ2n) is 7.24. The number of hydrogen-bond donors (Lipinski definition) is 1. The highest BCUT2D eigenvalue weighted by Gasteiger charge is 2.30. The van der Waals surface area contributed by atoms with E-state index in [4.69, 9.17) is 4.42 Å². The Morgan fingerprint density at radius 1 is 1.35 bits per heavy atom. The minimum Gasteiger partial charge on any atom is -0.461 e. The molecule has 0 spiro atoms. The number of nitrogens with one attached hydrogen (secondary N) is 1. The molecule has 1 N–H and O–H groups in total. The van der Waals surface area contributed by atoms with Crippen molar-refractivity contribution in [3.8, 4) is 0 Å². The summed E-state index contributed by atoms with van der Waals surface area (Å²) in [5.74, 6) is 0.972. The van der Waals surface area contributed by atoms with Crippen molar-refractivity contribution in [2.24, 2.45) is 0 Å². The lowest BCUT2D eigenvalue weighted by Crippen LogP contribution is -2.40. The summed E-state index contributed by atoms with van der Waals surface area (Å²) in [7, 11) is 4.02. The van der Waals surface area contributed by atoms with Gasteiger partial charge >= 0.3 is 0 Å². The molecule has 0 radical (unpaired) electrons. The molecule has 1 aromatic carbocycles. The van der Waals surface area contributed by atoms with Gasteiger partial charge in [0.15, 0.2) is 0 Å². The van der Waals surface area contributed by atoms with Crippen LogP contribution in [0.3, 0.4) is 0 Å². The van der Waals surface area contributed by atoms with E-state index in [-0.39, 0.29) is 17.9 Å². The molecule has 2 heterocycles. The minimum absolute atomic E-state index is 0.0880. The summed E-state index contributed by atoms with van der Waals surface area (Å²) in [4.78, 5) is 28.5. The maximum atomic E-state index is 12.4. The lowest BCUT2D eigenvalue weighted by Gasteiger charge is -2.26. The van der Waals surface area contributed by atoms with Crippen LogP contribution in [0.15, 0.2) is 28.7 Å². The van der Waals surface area contributed by atoms with E-state index in [2.05, 4.69) is 10.2 Å². The quantitative estimate of drug-likeness (QED) is 0.826. The normalized spacial score (nSPS) is 17.5. The highest BCUT2D eigenvalue weighted by molar-refractivity contribution is 5.97. The van der Waals surface area contributed by atoms with E-state index >= 15 is 0 Å². The van der Waals surface area contributed by atoms with Crippen molar-refractivity contribution < 1.29 is 14.0 Å². The summed E-state index contributed by atoms with van der Waals surface area (Å²) in [6.45, 7) is 4.07. The van der Waals surface area contributed by atoms with Gasteiger partial charge in [0, 0.05) is 43.0 Å². The van der Waals surface area contributed by atoms with E-state index in [0.717, 1.165) is 42.7 Å². The maximum Gasteiger partial charge on any atom is 0.251 e. The van der Waals surface area contributed by atoms with Crippen LogP contribution in [0.2, 0.25) is 0 Å². The number of likely N-dealkylation sites (N-methyl/N-ethyl adjacent to an activating group) is 1. The zero-order valence-electron chi connectivity index (χ0n) is 15.7. The first kappa shape index (κ1) is 18.5. The Bertz CT molecular complexity index is 797. The van der Waals surface area contributed by atoms with Crippen LogP contribution in [0.1, 0.15) is 35.4 Å². The Labute approximate surface area is 154 Å². The highest BCUT2D eigenvalue weighted by Crippen LogP contribution is 2.22. The van der Waals surface area contributed by atoms with Crippen LogP contribution in [0.25, 0.3) is 11.0 Å². The average Bonchev–Trinajstić information content (AvgIpc) is 3.13. The predicted octanol–water partition coefficient (Wildman–Crippen LogP) is 2.41. The van der Waals surface area contributed by atoms with Gasteiger partial charge in [-0.25, -0.2) is 0 Å². The van der Waals surface area contributed by atoms with Gasteiger partial charge in [-0.15, -0.1) is 0 Å². The van der Waals surface area contributed by atoms with Crippen LogP contribution in [-0.4, -0.2) is 61.4 Å². The summed E-state index contributed by atoms with van der Waals surface area (Å²) in [6, 6.07) is 7.61. The molecule has 1 aromatic heterocycles. The summed E-state index contributed by atoms with van der Waals surface area (Å²) in [6.07, 6.45) is 2.28. The number of furan rings is 1. The van der Waals surface area contributed by atoms with Crippen molar-refractivity contribution in [2.75, 3.05) is 33.7 Å². The molecule has 1 aliphatic rings. The van der Waals surface area contributed by atoms with Gasteiger partial charge in [0.1, 0.15) is 11.3 Å². The van der Waals surface area contributed by atoms with Crippen molar-refractivity contribution in [1.82, 2.24) is 15.1 Å². The molecule has 0 saturated carbocycles. The van der Waals surface area contributed by atoms with E-state index in [1.165, 1.54) is 0 Å². The van der Waals surface area contributed by atoms with Gasteiger partial charge < -0.3 is 19.5 Å². The van der Waals surface area contributed by atoms with Gasteiger partial charge in [0.25, 0.3) is 5.91 Å². The van der Waals surface area contributed by atoms with Crippen molar-refractivity contribution in [3.05, 3.63) is 35.6 Å². The smallest absolute Gasteiger partial charge is 0.251 e. The molecule has 6 nitrogen and oxygen atoms in total. The number of benzene rings is 1. The fourth-order valence-electron chi connectivity index (χ4n) is 3.48. The molecule has 0 bridgehead atoms. The minimum atomic E-state index is -0.0880. The van der Waals surface area contributed by atoms with Crippen molar-refractivity contribution >= 4 is 22.8 Å². The van der Waals surface area contributed by atoms with Gasteiger partial charge in [0.05, 0.1) is 0 Å². The first-order valence-electron chi connectivity index (χ1n) is 9.16. The summed E-state index contributed by atoms with van der Waals surface area (Å²) in [5, 5.41) is 3.92. The van der Waals surface area contributed by atoms with Crippen molar-refractivity contribution in [1.29, 1.82) is 0 Å². The SMILES string of the molecule is Cc1cc2cc(C(=O)NCC[C@H]3CCC(=O)N3CCN(C)C)ccc2o1. The molecule has 0 aliphatic carbocycles. The summed E-state index contributed by atoms with van der Waals surface area (Å²) >= 11 is 0. The van der Waals surface area contributed by atoms with Crippen LogP contribution in [0.5, 0.6) is 0 Å². The first-order chi connectivity index (χ1) is 12.4. The zero-order valence-corrected chi connectivity index (χ0v) is 15.7. The van der Waals surface area contributed by atoms with Crippen LogP contribution in [0, 0.1) is 6.92 Å². The Balaban J connectivity index is 1.52. The maximum absolute atomic E-state index is 12.4. The largest absolute Gasteiger partial charge is 0.461 e. The lowest BCUT2D eigenvalue weighted by atomic mass is 10.1. The van der Waals surface area contributed by atoms with E-state index < -0.39 is 0 Å². The Kier molecular flexibility index (Phi) is 5.61. The number of hydrogen-bond acceptors (Lipinski definition) is 4. The Morgan fingerprint density at radius 3 is 2.92 bits per heavy atom. The molecular weight excluding hydrogens is 330 g/mol. The average molecular weight is 357 g/mol. The van der Waals surface area contributed by atoms with Crippen LogP contribution >= 0.6 is 0 Å². The monoisotopic (exact) mass is 357 g/mol. The number of carbonyl (C=O) groups is 2. The van der Waals surface area contributed by atoms with Crippen LogP contribution < -0.4 is 5.32 Å². The number of aryl methyl sites for hydroxylation is 1. The van der Waals surface area contributed by atoms with Crippen LogP contribution in [-0.2, 0) is 4.79 Å². The molecule has 26 heavy (non-hydrogen) atoms. The molecule has 0 unspecified atom stereocenters. The topological polar surface area (TPSA) is 65.8 Å². The number of amides is 2. The number of likely N-dealkylation sites (tertiary alicyclic amines) is 1. The third-order valence-electron chi connectivity index (χ3n) is 4.91. The standard InChI is InChI=1S/C20H27N3O3/c1-14-12-16-13-15(4-6-18(16)26-14)20(25)21-9-8-17-5-7-19(24)23(17)11-10-22(2)3/h4,6,12-13,17H,5,7-11H2,1-3H3,(H,21,25)/t17-/m1/s1. The molecule has 1 saturated heterocycles.